The summed E-state index contributed by atoms with van der Waals surface area (Å²) in [6.07, 6.45) is 0. The number of hydrogen-bond acceptors (Lipinski definition) is 3. The standard InChI is InChI=1S/C27H33NO2/c1-21-10-12-23(13-11-21)18-29-25-15-14-24(17-28-20-27(2,3)4)26(16-25)30-19-22-8-6-5-7-9-22/h5-16,28H,17-20H2,1-4H3. The van der Waals surface area contributed by atoms with Crippen molar-refractivity contribution >= 4 is 0 Å². The molecule has 3 rings (SSSR count). The van der Waals surface area contributed by atoms with Gasteiger partial charge in [0.2, 0.25) is 0 Å². The van der Waals surface area contributed by atoms with E-state index in [2.05, 4.69) is 75.5 Å². The minimum atomic E-state index is 0.238. The zero-order valence-electron chi connectivity index (χ0n) is 18.6. The minimum absolute atomic E-state index is 0.238. The fraction of sp³-hybridized carbons (Fsp3) is 0.333. The largest absolute Gasteiger partial charge is 0.489 e. The normalized spacial score (nSPS) is 11.3. The molecule has 0 amide bonds. The zero-order chi connectivity index (χ0) is 21.4. The maximum Gasteiger partial charge on any atom is 0.127 e. The van der Waals surface area contributed by atoms with Crippen molar-refractivity contribution in [3.05, 3.63) is 95.1 Å². The number of hydrogen-bond donors (Lipinski definition) is 1. The Morgan fingerprint density at radius 2 is 1.43 bits per heavy atom. The second kappa shape index (κ2) is 10.3. The van der Waals surface area contributed by atoms with Gasteiger partial charge in [-0.2, -0.15) is 0 Å². The molecule has 0 spiro atoms. The van der Waals surface area contributed by atoms with E-state index in [0.717, 1.165) is 41.3 Å². The molecule has 0 radical (unpaired) electrons. The van der Waals surface area contributed by atoms with Gasteiger partial charge in [-0.05, 0) is 29.5 Å². The highest BCUT2D eigenvalue weighted by Crippen LogP contribution is 2.27. The quantitative estimate of drug-likeness (QED) is 0.455. The van der Waals surface area contributed by atoms with E-state index >= 15 is 0 Å². The lowest BCUT2D eigenvalue weighted by molar-refractivity contribution is 0.286. The van der Waals surface area contributed by atoms with Crippen molar-refractivity contribution < 1.29 is 9.47 Å². The Hall–Kier alpha value is -2.78. The second-order valence-corrected chi connectivity index (χ2v) is 8.98. The number of ether oxygens (including phenoxy) is 2. The van der Waals surface area contributed by atoms with Gasteiger partial charge in [-0.15, -0.1) is 0 Å². The van der Waals surface area contributed by atoms with E-state index in [4.69, 9.17) is 9.47 Å². The maximum atomic E-state index is 6.19. The Morgan fingerprint density at radius 1 is 0.767 bits per heavy atom. The van der Waals surface area contributed by atoms with Gasteiger partial charge in [-0.3, -0.25) is 0 Å². The minimum Gasteiger partial charge on any atom is -0.489 e. The lowest BCUT2D eigenvalue weighted by Gasteiger charge is -2.20. The van der Waals surface area contributed by atoms with E-state index < -0.39 is 0 Å². The lowest BCUT2D eigenvalue weighted by Crippen LogP contribution is -2.26. The molecule has 0 atom stereocenters. The van der Waals surface area contributed by atoms with Gasteiger partial charge < -0.3 is 14.8 Å². The van der Waals surface area contributed by atoms with Crippen LogP contribution >= 0.6 is 0 Å². The summed E-state index contributed by atoms with van der Waals surface area (Å²) in [5.74, 6) is 1.68. The van der Waals surface area contributed by atoms with Gasteiger partial charge in [0.25, 0.3) is 0 Å². The SMILES string of the molecule is Cc1ccc(COc2ccc(CNCC(C)(C)C)c(OCc3ccccc3)c2)cc1. The van der Waals surface area contributed by atoms with Crippen LogP contribution in [0.5, 0.6) is 11.5 Å². The first-order valence-corrected chi connectivity index (χ1v) is 10.6. The van der Waals surface area contributed by atoms with Crippen LogP contribution in [0.15, 0.2) is 72.8 Å². The second-order valence-electron chi connectivity index (χ2n) is 8.98. The molecular weight excluding hydrogens is 370 g/mol. The molecule has 30 heavy (non-hydrogen) atoms. The molecule has 0 aliphatic heterocycles. The third-order valence-electron chi connectivity index (χ3n) is 4.77. The summed E-state index contributed by atoms with van der Waals surface area (Å²) in [5.41, 5.74) is 4.93. The first-order valence-electron chi connectivity index (χ1n) is 10.6. The summed E-state index contributed by atoms with van der Waals surface area (Å²) in [6, 6.07) is 24.8. The van der Waals surface area contributed by atoms with Gasteiger partial charge in [0.05, 0.1) is 0 Å². The average Bonchev–Trinajstić information content (AvgIpc) is 2.73. The topological polar surface area (TPSA) is 30.5 Å². The molecule has 0 saturated heterocycles. The van der Waals surface area contributed by atoms with Gasteiger partial charge in [-0.25, -0.2) is 0 Å². The van der Waals surface area contributed by atoms with Crippen LogP contribution < -0.4 is 14.8 Å². The van der Waals surface area contributed by atoms with E-state index in [1.807, 2.05) is 30.3 Å². The molecule has 0 aromatic heterocycles. The summed E-state index contributed by atoms with van der Waals surface area (Å²) in [5, 5.41) is 3.54. The van der Waals surface area contributed by atoms with Crippen LogP contribution in [0.1, 0.15) is 43.0 Å². The smallest absolute Gasteiger partial charge is 0.127 e. The first kappa shape index (κ1) is 21.9. The molecule has 0 aliphatic carbocycles. The predicted molar refractivity (Wildman–Crippen MR) is 124 cm³/mol. The summed E-state index contributed by atoms with van der Waals surface area (Å²) >= 11 is 0. The Labute approximate surface area is 181 Å². The van der Waals surface area contributed by atoms with Gasteiger partial charge in [0, 0.05) is 24.7 Å². The van der Waals surface area contributed by atoms with E-state index in [9.17, 15) is 0 Å². The molecule has 0 fully saturated rings. The lowest BCUT2D eigenvalue weighted by atomic mass is 9.97. The Balaban J connectivity index is 1.69. The molecule has 0 bridgehead atoms. The van der Waals surface area contributed by atoms with Crippen LogP contribution in [0.3, 0.4) is 0 Å². The van der Waals surface area contributed by atoms with Crippen LogP contribution in [-0.4, -0.2) is 6.54 Å². The van der Waals surface area contributed by atoms with Crippen molar-refractivity contribution in [2.45, 2.75) is 47.5 Å². The molecule has 0 saturated carbocycles. The number of rotatable bonds is 9. The number of nitrogens with one attached hydrogen (secondary N) is 1. The van der Waals surface area contributed by atoms with Gasteiger partial charge in [0.15, 0.2) is 0 Å². The molecule has 158 valence electrons. The molecule has 3 aromatic carbocycles. The fourth-order valence-corrected chi connectivity index (χ4v) is 3.06. The van der Waals surface area contributed by atoms with Gasteiger partial charge in [0.1, 0.15) is 24.7 Å². The first-order chi connectivity index (χ1) is 14.4. The zero-order valence-corrected chi connectivity index (χ0v) is 18.6. The molecule has 3 nitrogen and oxygen atoms in total. The third kappa shape index (κ3) is 7.23. The molecular formula is C27H33NO2. The maximum absolute atomic E-state index is 6.19. The van der Waals surface area contributed by atoms with E-state index in [-0.39, 0.29) is 5.41 Å². The van der Waals surface area contributed by atoms with Gasteiger partial charge in [-0.1, -0.05) is 87.0 Å². The average molecular weight is 404 g/mol. The number of aryl methyl sites for hydroxylation is 1. The van der Waals surface area contributed by atoms with E-state index in [1.165, 1.54) is 5.56 Å². The summed E-state index contributed by atoms with van der Waals surface area (Å²) in [4.78, 5) is 0. The fourth-order valence-electron chi connectivity index (χ4n) is 3.06. The molecule has 0 aliphatic rings. The summed E-state index contributed by atoms with van der Waals surface area (Å²) in [7, 11) is 0. The monoisotopic (exact) mass is 403 g/mol. The van der Waals surface area contributed by atoms with Crippen molar-refractivity contribution in [2.24, 2.45) is 5.41 Å². The van der Waals surface area contributed by atoms with Crippen molar-refractivity contribution in [3.8, 4) is 11.5 Å². The van der Waals surface area contributed by atoms with Crippen molar-refractivity contribution in [1.82, 2.24) is 5.32 Å². The highest BCUT2D eigenvalue weighted by Gasteiger charge is 2.11. The molecule has 0 heterocycles. The Bertz CT molecular complexity index is 912. The van der Waals surface area contributed by atoms with Crippen LogP contribution in [0.2, 0.25) is 0 Å². The van der Waals surface area contributed by atoms with Crippen LogP contribution in [0.25, 0.3) is 0 Å². The van der Waals surface area contributed by atoms with E-state index in [0.29, 0.717) is 13.2 Å². The Morgan fingerprint density at radius 3 is 2.13 bits per heavy atom. The van der Waals surface area contributed by atoms with E-state index in [1.54, 1.807) is 0 Å². The highest BCUT2D eigenvalue weighted by atomic mass is 16.5. The summed E-state index contributed by atoms with van der Waals surface area (Å²) in [6.45, 7) is 11.6. The predicted octanol–water partition coefficient (Wildman–Crippen LogP) is 6.29. The Kier molecular flexibility index (Phi) is 7.53. The third-order valence-corrected chi connectivity index (χ3v) is 4.77. The summed E-state index contributed by atoms with van der Waals surface area (Å²) < 4.78 is 12.2. The molecule has 0 unspecified atom stereocenters. The number of benzene rings is 3. The van der Waals surface area contributed by atoms with Crippen LogP contribution in [-0.2, 0) is 19.8 Å². The van der Waals surface area contributed by atoms with Gasteiger partial charge >= 0.3 is 0 Å². The molecule has 1 N–H and O–H groups in total. The van der Waals surface area contributed by atoms with Crippen LogP contribution in [0, 0.1) is 12.3 Å². The van der Waals surface area contributed by atoms with Crippen molar-refractivity contribution in [3.63, 3.8) is 0 Å². The molecule has 3 heteroatoms. The highest BCUT2D eigenvalue weighted by molar-refractivity contribution is 5.41. The molecule has 3 aromatic rings. The van der Waals surface area contributed by atoms with Crippen LogP contribution in [0.4, 0.5) is 0 Å². The van der Waals surface area contributed by atoms with Crippen molar-refractivity contribution in [2.75, 3.05) is 6.54 Å². The van der Waals surface area contributed by atoms with Crippen molar-refractivity contribution in [1.29, 1.82) is 0 Å².